The predicted octanol–water partition coefficient (Wildman–Crippen LogP) is 9.85. The number of hydrogen-bond donors (Lipinski definition) is 2. The molecule has 0 aliphatic carbocycles. The number of esters is 2. The van der Waals surface area contributed by atoms with Gasteiger partial charge in [0.2, 0.25) is 16.0 Å². The Labute approximate surface area is 327 Å². The molecule has 0 rings (SSSR count). The Bertz CT molecular complexity index is 994. The summed E-state index contributed by atoms with van der Waals surface area (Å²) in [4.78, 5) is 31.2. The molecule has 0 aliphatic rings. The van der Waals surface area contributed by atoms with Crippen molar-refractivity contribution < 1.29 is 27.5 Å². The van der Waals surface area contributed by atoms with E-state index in [2.05, 4.69) is 40.7 Å². The number of nitrogens with zero attached hydrogens (tertiary/aromatic N) is 2. The summed E-state index contributed by atoms with van der Waals surface area (Å²) in [5, 5.41) is 3.10. The van der Waals surface area contributed by atoms with Crippen LogP contribution in [0.4, 0.5) is 0 Å². The zero-order chi connectivity index (χ0) is 39.3. The third-order valence-corrected chi connectivity index (χ3v) is 10.3. The molecule has 1 unspecified atom stereocenters. The molecule has 0 aromatic heterocycles. The van der Waals surface area contributed by atoms with Crippen LogP contribution in [0.5, 0.6) is 0 Å². The van der Waals surface area contributed by atoms with E-state index in [1.54, 1.807) is 7.05 Å². The molecular weight excluding hydrogens is 689 g/mol. The van der Waals surface area contributed by atoms with Gasteiger partial charge in [-0.25, -0.2) is 8.42 Å². The van der Waals surface area contributed by atoms with Crippen LogP contribution in [0.25, 0.3) is 0 Å². The molecule has 0 aromatic rings. The Hall–Kier alpha value is -1.88. The maximum Gasteiger partial charge on any atom is 0.306 e. The van der Waals surface area contributed by atoms with Gasteiger partial charge in [0.15, 0.2) is 0 Å². The lowest BCUT2D eigenvalue weighted by molar-refractivity contribution is -0.150. The highest BCUT2D eigenvalue weighted by Gasteiger charge is 2.14. The predicted molar refractivity (Wildman–Crippen MR) is 223 cm³/mol. The van der Waals surface area contributed by atoms with E-state index in [4.69, 9.17) is 9.47 Å². The number of aliphatic imine (C=N–C) groups is 1. The molecule has 1 atom stereocenters. The molecule has 0 saturated heterocycles. The van der Waals surface area contributed by atoms with E-state index in [0.717, 1.165) is 135 Å². The lowest BCUT2D eigenvalue weighted by atomic mass is 10.0. The van der Waals surface area contributed by atoms with Gasteiger partial charge >= 0.3 is 11.9 Å². The molecule has 53 heavy (non-hydrogen) atoms. The summed E-state index contributed by atoms with van der Waals surface area (Å²) in [5.74, 6) is 0.197. The molecule has 0 fully saturated rings. The Morgan fingerprint density at radius 3 is 1.62 bits per heavy atom. The quantitative estimate of drug-likeness (QED) is 0.0275. The maximum absolute atomic E-state index is 12.6. The molecule has 0 radical (unpaired) electrons. The summed E-state index contributed by atoms with van der Waals surface area (Å²) in [6.07, 6.45) is 31.3. The Balaban J connectivity index is 4.45. The fraction of sp³-hybridized carbons (Fsp3) is 0.929. The van der Waals surface area contributed by atoms with E-state index < -0.39 is 10.0 Å². The van der Waals surface area contributed by atoms with Gasteiger partial charge in [-0.15, -0.1) is 0 Å². The number of guanidine groups is 1. The van der Waals surface area contributed by atoms with Crippen LogP contribution in [0.15, 0.2) is 4.99 Å². The van der Waals surface area contributed by atoms with Crippen molar-refractivity contribution in [3.05, 3.63) is 0 Å². The van der Waals surface area contributed by atoms with Crippen LogP contribution in [-0.4, -0.2) is 83.4 Å². The average molecular weight is 773 g/mol. The first-order chi connectivity index (χ1) is 25.6. The van der Waals surface area contributed by atoms with Crippen LogP contribution in [0.3, 0.4) is 0 Å². The molecule has 11 heteroatoms. The van der Waals surface area contributed by atoms with Crippen molar-refractivity contribution >= 4 is 27.9 Å². The van der Waals surface area contributed by atoms with Crippen LogP contribution < -0.4 is 10.0 Å². The second kappa shape index (κ2) is 37.1. The monoisotopic (exact) mass is 773 g/mol. The van der Waals surface area contributed by atoms with Gasteiger partial charge in [-0.3, -0.25) is 19.3 Å². The lowest BCUT2D eigenvalue weighted by Crippen LogP contribution is -2.41. The van der Waals surface area contributed by atoms with Gasteiger partial charge in [0.1, 0.15) is 6.10 Å². The van der Waals surface area contributed by atoms with Crippen molar-refractivity contribution in [2.45, 2.75) is 207 Å². The number of carbonyl (C=O) groups excluding carboxylic acids is 2. The first-order valence-electron chi connectivity index (χ1n) is 21.9. The molecule has 314 valence electrons. The van der Waals surface area contributed by atoms with Gasteiger partial charge in [0, 0.05) is 26.4 Å². The first-order valence-corrected chi connectivity index (χ1v) is 23.8. The summed E-state index contributed by atoms with van der Waals surface area (Å²) < 4.78 is 36.9. The molecule has 0 aliphatic heterocycles. The highest BCUT2D eigenvalue weighted by Crippen LogP contribution is 2.17. The highest BCUT2D eigenvalue weighted by molar-refractivity contribution is 7.89. The Kier molecular flexibility index (Phi) is 35.7. The molecular formula is C42H84N4O6S. The minimum absolute atomic E-state index is 0.0202. The van der Waals surface area contributed by atoms with E-state index in [1.165, 1.54) is 57.8 Å². The van der Waals surface area contributed by atoms with Crippen molar-refractivity contribution in [1.82, 2.24) is 14.9 Å². The molecule has 0 bridgehead atoms. The van der Waals surface area contributed by atoms with E-state index in [9.17, 15) is 18.0 Å². The lowest BCUT2D eigenvalue weighted by Gasteiger charge is -2.23. The van der Waals surface area contributed by atoms with Gasteiger partial charge < -0.3 is 19.7 Å². The van der Waals surface area contributed by atoms with Crippen molar-refractivity contribution in [2.24, 2.45) is 4.99 Å². The minimum atomic E-state index is -3.37. The third kappa shape index (κ3) is 36.8. The molecule has 10 nitrogen and oxygen atoms in total. The number of unbranched alkanes of at least 4 members (excludes halogenated alkanes) is 18. The standard InChI is InChI=1S/C42H84N4O6S/c1-6-9-12-14-21-28-38-51-40(47)32-24-17-15-19-26-35-46(37-29-34-44-42(43-4)45-53(5,49)50)36-27-20-16-18-25-33-41(48)52-39(30-22-11-8-3)31-23-13-10-7-2/h39H,6-38H2,1-5H3,(H2,43,44,45). The number of carbonyl (C=O) groups is 2. The third-order valence-electron chi connectivity index (χ3n) is 9.73. The molecule has 0 heterocycles. The average Bonchev–Trinajstić information content (AvgIpc) is 3.12. The van der Waals surface area contributed by atoms with Gasteiger partial charge in [-0.1, -0.05) is 124 Å². The van der Waals surface area contributed by atoms with Crippen LogP contribution in [0.1, 0.15) is 201 Å². The first kappa shape index (κ1) is 51.1. The largest absolute Gasteiger partial charge is 0.466 e. The number of sulfonamides is 1. The van der Waals surface area contributed by atoms with Crippen LogP contribution in [0.2, 0.25) is 0 Å². The van der Waals surface area contributed by atoms with Gasteiger partial charge in [-0.2, -0.15) is 0 Å². The number of hydrogen-bond acceptors (Lipinski definition) is 8. The smallest absolute Gasteiger partial charge is 0.306 e. The van der Waals surface area contributed by atoms with Crippen molar-refractivity contribution in [2.75, 3.05) is 46.1 Å². The number of rotatable bonds is 38. The van der Waals surface area contributed by atoms with E-state index >= 15 is 0 Å². The van der Waals surface area contributed by atoms with E-state index in [-0.39, 0.29) is 24.0 Å². The highest BCUT2D eigenvalue weighted by atomic mass is 32.2. The number of nitrogens with one attached hydrogen (secondary N) is 2. The SMILES string of the molecule is CCCCCCCCOC(=O)CCCCCCCN(CCCCCCCC(=O)OC(CCCCC)CCCCCC)CCCNC(=NC)NS(C)(=O)=O. The van der Waals surface area contributed by atoms with E-state index in [1.807, 2.05) is 0 Å². The molecule has 0 aromatic carbocycles. The summed E-state index contributed by atoms with van der Waals surface area (Å²) in [6.45, 7) is 10.8. The Morgan fingerprint density at radius 1 is 0.604 bits per heavy atom. The van der Waals surface area contributed by atoms with Crippen LogP contribution in [0, 0.1) is 0 Å². The molecule has 0 spiro atoms. The second-order valence-electron chi connectivity index (χ2n) is 15.0. The van der Waals surface area contributed by atoms with Crippen molar-refractivity contribution in [3.63, 3.8) is 0 Å². The second-order valence-corrected chi connectivity index (χ2v) is 16.8. The van der Waals surface area contributed by atoms with Crippen LogP contribution >= 0.6 is 0 Å². The van der Waals surface area contributed by atoms with Crippen molar-refractivity contribution in [1.29, 1.82) is 0 Å². The summed E-state index contributed by atoms with van der Waals surface area (Å²) in [6, 6.07) is 0. The van der Waals surface area contributed by atoms with E-state index in [0.29, 0.717) is 26.0 Å². The zero-order valence-electron chi connectivity index (χ0n) is 35.2. The normalized spacial score (nSPS) is 12.6. The van der Waals surface area contributed by atoms with Crippen molar-refractivity contribution in [3.8, 4) is 0 Å². The van der Waals surface area contributed by atoms with Gasteiger partial charge in [0.25, 0.3) is 0 Å². The van der Waals surface area contributed by atoms with Crippen LogP contribution in [-0.2, 0) is 29.1 Å². The molecule has 2 N–H and O–H groups in total. The summed E-state index contributed by atoms with van der Waals surface area (Å²) >= 11 is 0. The molecule has 0 saturated carbocycles. The minimum Gasteiger partial charge on any atom is -0.466 e. The topological polar surface area (TPSA) is 126 Å². The number of ether oxygens (including phenoxy) is 2. The maximum atomic E-state index is 12.6. The van der Waals surface area contributed by atoms with Gasteiger partial charge in [-0.05, 0) is 83.8 Å². The fourth-order valence-electron chi connectivity index (χ4n) is 6.52. The van der Waals surface area contributed by atoms with Gasteiger partial charge in [0.05, 0.1) is 12.9 Å². The zero-order valence-corrected chi connectivity index (χ0v) is 36.0. The summed E-state index contributed by atoms with van der Waals surface area (Å²) in [5.41, 5.74) is 0. The fourth-order valence-corrected chi connectivity index (χ4v) is 7.03. The molecule has 0 amide bonds. The Morgan fingerprint density at radius 2 is 1.06 bits per heavy atom. The summed E-state index contributed by atoms with van der Waals surface area (Å²) in [7, 11) is -1.81.